The third-order valence-electron chi connectivity index (χ3n) is 3.48. The number of rotatable bonds is 7. The van der Waals surface area contributed by atoms with E-state index in [-0.39, 0.29) is 5.91 Å². The van der Waals surface area contributed by atoms with Crippen LogP contribution in [0, 0.1) is 11.8 Å². The van der Waals surface area contributed by atoms with Crippen LogP contribution in [0.4, 0.5) is 15.6 Å². The minimum absolute atomic E-state index is 0.114. The fraction of sp³-hybridized carbons (Fsp3) is 0.421. The van der Waals surface area contributed by atoms with Crippen molar-refractivity contribution in [2.24, 2.45) is 11.8 Å². The Morgan fingerprint density at radius 1 is 1.15 bits per heavy atom. The molecule has 0 atom stereocenters. The molecule has 0 aliphatic carbocycles. The first-order valence-electron chi connectivity index (χ1n) is 8.83. The van der Waals surface area contributed by atoms with E-state index in [1.165, 1.54) is 11.3 Å². The van der Waals surface area contributed by atoms with Gasteiger partial charge in [0.1, 0.15) is 5.69 Å². The van der Waals surface area contributed by atoms with Gasteiger partial charge >= 0.3 is 6.03 Å². The standard InChI is InChI=1S/C19H25ClN4O2S/c1-12(2)9-24(10-13(3)4)17(25)16-11-27-19(22-16)23-18(26)21-15-7-5-6-14(20)8-15/h5-8,11-13H,9-10H2,1-4H3,(H2,21,22,23,26). The average Bonchev–Trinajstić information content (AvgIpc) is 3.00. The molecule has 1 heterocycles. The lowest BCUT2D eigenvalue weighted by Gasteiger charge is -2.25. The Morgan fingerprint density at radius 3 is 2.41 bits per heavy atom. The van der Waals surface area contributed by atoms with E-state index in [1.54, 1.807) is 29.6 Å². The van der Waals surface area contributed by atoms with Gasteiger partial charge in [-0.3, -0.25) is 10.1 Å². The molecular weight excluding hydrogens is 384 g/mol. The molecule has 0 fully saturated rings. The fourth-order valence-corrected chi connectivity index (χ4v) is 3.41. The SMILES string of the molecule is CC(C)CN(CC(C)C)C(=O)c1csc(NC(=O)Nc2cccc(Cl)c2)n1. The van der Waals surface area contributed by atoms with E-state index in [2.05, 4.69) is 43.3 Å². The van der Waals surface area contributed by atoms with Crippen LogP contribution in [0.5, 0.6) is 0 Å². The van der Waals surface area contributed by atoms with Crippen LogP contribution in [0.15, 0.2) is 29.6 Å². The average molecular weight is 409 g/mol. The summed E-state index contributed by atoms with van der Waals surface area (Å²) in [7, 11) is 0. The van der Waals surface area contributed by atoms with Crippen molar-refractivity contribution < 1.29 is 9.59 Å². The molecule has 2 N–H and O–H groups in total. The molecule has 1 aromatic carbocycles. The Kier molecular flexibility index (Phi) is 7.62. The Morgan fingerprint density at radius 2 is 1.81 bits per heavy atom. The number of hydrogen-bond donors (Lipinski definition) is 2. The topological polar surface area (TPSA) is 74.3 Å². The fourth-order valence-electron chi connectivity index (χ4n) is 2.54. The number of nitrogens with one attached hydrogen (secondary N) is 2. The normalized spacial score (nSPS) is 10.9. The Hall–Kier alpha value is -2.12. The van der Waals surface area contributed by atoms with E-state index in [4.69, 9.17) is 11.6 Å². The number of thiazole rings is 1. The summed E-state index contributed by atoms with van der Waals surface area (Å²) in [6.45, 7) is 9.66. The van der Waals surface area contributed by atoms with Gasteiger partial charge in [-0.25, -0.2) is 9.78 Å². The first kappa shape index (κ1) is 21.2. The van der Waals surface area contributed by atoms with Gasteiger partial charge < -0.3 is 10.2 Å². The van der Waals surface area contributed by atoms with Gasteiger partial charge in [-0.05, 0) is 30.0 Å². The van der Waals surface area contributed by atoms with Crippen molar-refractivity contribution in [3.05, 3.63) is 40.4 Å². The number of benzene rings is 1. The van der Waals surface area contributed by atoms with Crippen molar-refractivity contribution in [3.63, 3.8) is 0 Å². The van der Waals surface area contributed by atoms with Crippen molar-refractivity contribution in [2.45, 2.75) is 27.7 Å². The second kappa shape index (κ2) is 9.71. The molecule has 0 aliphatic rings. The van der Waals surface area contributed by atoms with Gasteiger partial charge in [-0.1, -0.05) is 45.4 Å². The van der Waals surface area contributed by atoms with E-state index < -0.39 is 6.03 Å². The number of urea groups is 1. The maximum absolute atomic E-state index is 12.8. The van der Waals surface area contributed by atoms with Gasteiger partial charge in [0.05, 0.1) is 0 Å². The van der Waals surface area contributed by atoms with Crippen molar-refractivity contribution in [2.75, 3.05) is 23.7 Å². The number of hydrogen-bond acceptors (Lipinski definition) is 4. The van der Waals surface area contributed by atoms with Crippen molar-refractivity contribution in [1.82, 2.24) is 9.88 Å². The number of aromatic nitrogens is 1. The number of halogens is 1. The largest absolute Gasteiger partial charge is 0.337 e. The second-order valence-electron chi connectivity index (χ2n) is 7.13. The summed E-state index contributed by atoms with van der Waals surface area (Å²) in [4.78, 5) is 31.0. The summed E-state index contributed by atoms with van der Waals surface area (Å²) in [5.41, 5.74) is 0.923. The van der Waals surface area contributed by atoms with Crippen LogP contribution in [0.2, 0.25) is 5.02 Å². The van der Waals surface area contributed by atoms with E-state index in [1.807, 2.05) is 4.90 Å². The molecule has 0 spiro atoms. The van der Waals surface area contributed by atoms with Crippen molar-refractivity contribution >= 4 is 45.7 Å². The highest BCUT2D eigenvalue weighted by Crippen LogP contribution is 2.19. The lowest BCUT2D eigenvalue weighted by atomic mass is 10.1. The minimum atomic E-state index is -0.438. The molecule has 0 bridgehead atoms. The number of carbonyl (C=O) groups is 2. The summed E-state index contributed by atoms with van der Waals surface area (Å²) >= 11 is 7.12. The molecule has 0 radical (unpaired) electrons. The van der Waals surface area contributed by atoms with Gasteiger partial charge in [0, 0.05) is 29.2 Å². The molecule has 27 heavy (non-hydrogen) atoms. The summed E-state index contributed by atoms with van der Waals surface area (Å²) in [5, 5.41) is 7.90. The van der Waals surface area contributed by atoms with Gasteiger partial charge in [0.15, 0.2) is 5.13 Å². The third kappa shape index (κ3) is 6.84. The van der Waals surface area contributed by atoms with E-state index in [9.17, 15) is 9.59 Å². The smallest absolute Gasteiger partial charge is 0.325 e. The molecule has 0 saturated carbocycles. The second-order valence-corrected chi connectivity index (χ2v) is 8.42. The van der Waals surface area contributed by atoms with Gasteiger partial charge in [0.25, 0.3) is 5.91 Å². The molecule has 0 unspecified atom stereocenters. The molecule has 146 valence electrons. The zero-order valence-corrected chi connectivity index (χ0v) is 17.5. The van der Waals surface area contributed by atoms with Crippen LogP contribution >= 0.6 is 22.9 Å². The zero-order valence-electron chi connectivity index (χ0n) is 16.0. The highest BCUT2D eigenvalue weighted by atomic mass is 35.5. The van der Waals surface area contributed by atoms with Crippen molar-refractivity contribution in [1.29, 1.82) is 0 Å². The highest BCUT2D eigenvalue weighted by molar-refractivity contribution is 7.14. The van der Waals surface area contributed by atoms with Crippen molar-refractivity contribution in [3.8, 4) is 0 Å². The summed E-state index contributed by atoms with van der Waals surface area (Å²) in [6, 6.07) is 6.41. The van der Waals surface area contributed by atoms with Crippen LogP contribution in [-0.4, -0.2) is 34.9 Å². The number of carbonyl (C=O) groups excluding carboxylic acids is 2. The summed E-state index contributed by atoms with van der Waals surface area (Å²) in [6.07, 6.45) is 0. The van der Waals surface area contributed by atoms with Crippen LogP contribution < -0.4 is 10.6 Å². The Balaban J connectivity index is 2.01. The van der Waals surface area contributed by atoms with Crippen LogP contribution in [0.3, 0.4) is 0 Å². The molecule has 2 rings (SSSR count). The van der Waals surface area contributed by atoms with Crippen LogP contribution in [-0.2, 0) is 0 Å². The maximum atomic E-state index is 12.8. The molecular formula is C19H25ClN4O2S. The minimum Gasteiger partial charge on any atom is -0.337 e. The molecule has 3 amide bonds. The van der Waals surface area contributed by atoms with E-state index in [0.29, 0.717) is 46.5 Å². The quantitative estimate of drug-likeness (QED) is 0.661. The number of anilines is 2. The first-order valence-corrected chi connectivity index (χ1v) is 10.1. The predicted molar refractivity (Wildman–Crippen MR) is 112 cm³/mol. The lowest BCUT2D eigenvalue weighted by Crippen LogP contribution is -2.37. The zero-order chi connectivity index (χ0) is 20.0. The van der Waals surface area contributed by atoms with Crippen LogP contribution in [0.25, 0.3) is 0 Å². The predicted octanol–water partition coefficient (Wildman–Crippen LogP) is 5.19. The molecule has 1 aromatic heterocycles. The maximum Gasteiger partial charge on any atom is 0.325 e. The molecule has 0 saturated heterocycles. The Labute approximate surface area is 168 Å². The molecule has 6 nitrogen and oxygen atoms in total. The van der Waals surface area contributed by atoms with E-state index in [0.717, 1.165) is 0 Å². The first-order chi connectivity index (χ1) is 12.7. The monoisotopic (exact) mass is 408 g/mol. The third-order valence-corrected chi connectivity index (χ3v) is 4.48. The number of nitrogens with zero attached hydrogens (tertiary/aromatic N) is 2. The molecule has 2 aromatic rings. The summed E-state index contributed by atoms with van der Waals surface area (Å²) in [5.74, 6) is 0.622. The number of amides is 3. The summed E-state index contributed by atoms with van der Waals surface area (Å²) < 4.78 is 0. The molecule has 0 aliphatic heterocycles. The van der Waals surface area contributed by atoms with Gasteiger partial charge in [-0.2, -0.15) is 0 Å². The lowest BCUT2D eigenvalue weighted by molar-refractivity contribution is 0.0710. The van der Waals surface area contributed by atoms with Gasteiger partial charge in [-0.15, -0.1) is 11.3 Å². The molecule has 8 heteroatoms. The van der Waals surface area contributed by atoms with Crippen LogP contribution in [0.1, 0.15) is 38.2 Å². The highest BCUT2D eigenvalue weighted by Gasteiger charge is 2.21. The van der Waals surface area contributed by atoms with Gasteiger partial charge in [0.2, 0.25) is 0 Å². The van der Waals surface area contributed by atoms with E-state index >= 15 is 0 Å². The Bertz CT molecular complexity index is 782.